The molecule has 1 aliphatic heterocycles. The minimum absolute atomic E-state index is 0.102. The number of aryl methyl sites for hydroxylation is 1. The zero-order valence-electron chi connectivity index (χ0n) is 12.5. The van der Waals surface area contributed by atoms with E-state index in [2.05, 4.69) is 15.5 Å². The molecule has 0 aromatic carbocycles. The van der Waals surface area contributed by atoms with Crippen LogP contribution < -0.4 is 5.32 Å². The van der Waals surface area contributed by atoms with E-state index in [0.717, 1.165) is 26.0 Å². The number of rotatable bonds is 2. The summed E-state index contributed by atoms with van der Waals surface area (Å²) in [5, 5.41) is 11.1. The van der Waals surface area contributed by atoms with Crippen LogP contribution in [0, 0.1) is 5.41 Å². The van der Waals surface area contributed by atoms with Crippen molar-refractivity contribution in [3.63, 3.8) is 0 Å². The first-order chi connectivity index (χ1) is 10.2. The van der Waals surface area contributed by atoms with Gasteiger partial charge in [0.25, 0.3) is 0 Å². The van der Waals surface area contributed by atoms with Gasteiger partial charge >= 0.3 is 6.03 Å². The minimum atomic E-state index is -0.102. The topological polar surface area (TPSA) is 72.3 Å². The zero-order chi connectivity index (χ0) is 14.7. The van der Waals surface area contributed by atoms with Crippen molar-refractivity contribution >= 4 is 11.8 Å². The van der Waals surface area contributed by atoms with Crippen molar-refractivity contribution in [1.29, 1.82) is 0 Å². The van der Waals surface area contributed by atoms with Gasteiger partial charge in [0.15, 0.2) is 5.82 Å². The van der Waals surface area contributed by atoms with E-state index in [1.165, 1.54) is 12.8 Å². The smallest absolute Gasteiger partial charge is 0.323 e. The van der Waals surface area contributed by atoms with Gasteiger partial charge in [0.05, 0.1) is 26.0 Å². The molecule has 2 fully saturated rings. The molecular weight excluding hydrogens is 270 g/mol. The monoisotopic (exact) mass is 293 g/mol. The highest BCUT2D eigenvalue weighted by atomic mass is 16.5. The first kappa shape index (κ1) is 14.3. The lowest BCUT2D eigenvalue weighted by atomic mass is 9.87. The number of ether oxygens (including phenoxy) is 1. The maximum Gasteiger partial charge on any atom is 0.323 e. The summed E-state index contributed by atoms with van der Waals surface area (Å²) in [6.45, 7) is 5.45. The van der Waals surface area contributed by atoms with Crippen molar-refractivity contribution in [1.82, 2.24) is 19.9 Å². The van der Waals surface area contributed by atoms with E-state index in [9.17, 15) is 4.79 Å². The van der Waals surface area contributed by atoms with E-state index >= 15 is 0 Å². The van der Waals surface area contributed by atoms with Crippen LogP contribution in [0.15, 0.2) is 6.20 Å². The molecule has 2 amide bonds. The largest absolute Gasteiger partial charge is 0.379 e. The Bertz CT molecular complexity index is 495. The zero-order valence-corrected chi connectivity index (χ0v) is 12.5. The average molecular weight is 293 g/mol. The molecule has 1 saturated heterocycles. The van der Waals surface area contributed by atoms with Gasteiger partial charge in [0.2, 0.25) is 0 Å². The van der Waals surface area contributed by atoms with Crippen molar-refractivity contribution in [3.05, 3.63) is 6.20 Å². The Hall–Kier alpha value is -1.63. The van der Waals surface area contributed by atoms with Crippen LogP contribution in [0.1, 0.15) is 32.6 Å². The number of carbonyl (C=O) groups excluding carboxylic acids is 1. The van der Waals surface area contributed by atoms with Crippen LogP contribution in [0.5, 0.6) is 0 Å². The predicted molar refractivity (Wildman–Crippen MR) is 78.0 cm³/mol. The first-order valence-corrected chi connectivity index (χ1v) is 7.75. The molecule has 7 heteroatoms. The van der Waals surface area contributed by atoms with Crippen molar-refractivity contribution < 1.29 is 9.53 Å². The van der Waals surface area contributed by atoms with Crippen LogP contribution in [-0.2, 0) is 11.3 Å². The van der Waals surface area contributed by atoms with Gasteiger partial charge in [-0.3, -0.25) is 5.32 Å². The number of hydrogen-bond acceptors (Lipinski definition) is 4. The summed E-state index contributed by atoms with van der Waals surface area (Å²) in [4.78, 5) is 15.9. The standard InChI is InChI=1S/C14H23N5O2/c1-2-19-15-9-12(17-19)16-13(20)18-7-8-21-11-14(10-18)5-3-4-6-14/h9H,2-8,10-11H2,1H3,(H,16,17,20). The van der Waals surface area contributed by atoms with Gasteiger partial charge in [-0.15, -0.1) is 5.10 Å². The maximum atomic E-state index is 12.4. The first-order valence-electron chi connectivity index (χ1n) is 7.75. The van der Waals surface area contributed by atoms with Gasteiger partial charge in [-0.25, -0.2) is 4.79 Å². The molecule has 2 heterocycles. The Labute approximate surface area is 124 Å². The summed E-state index contributed by atoms with van der Waals surface area (Å²) in [6.07, 6.45) is 6.37. The van der Waals surface area contributed by atoms with Crippen LogP contribution in [0.4, 0.5) is 10.6 Å². The summed E-state index contributed by atoms with van der Waals surface area (Å²) in [5.41, 5.74) is 0.162. The summed E-state index contributed by atoms with van der Waals surface area (Å²) >= 11 is 0. The number of urea groups is 1. The second-order valence-electron chi connectivity index (χ2n) is 6.03. The normalized spacial score (nSPS) is 21.5. The van der Waals surface area contributed by atoms with Crippen molar-refractivity contribution in [2.45, 2.75) is 39.2 Å². The Morgan fingerprint density at radius 3 is 3.00 bits per heavy atom. The molecule has 1 aliphatic carbocycles. The number of hydrogen-bond donors (Lipinski definition) is 1. The molecule has 0 bridgehead atoms. The van der Waals surface area contributed by atoms with Gasteiger partial charge in [0, 0.05) is 18.5 Å². The Morgan fingerprint density at radius 1 is 1.48 bits per heavy atom. The molecule has 21 heavy (non-hydrogen) atoms. The quantitative estimate of drug-likeness (QED) is 0.901. The molecule has 0 unspecified atom stereocenters. The Balaban J connectivity index is 1.65. The van der Waals surface area contributed by atoms with Gasteiger partial charge in [-0.05, 0) is 19.8 Å². The molecule has 1 aromatic heterocycles. The molecule has 0 atom stereocenters. The second-order valence-corrected chi connectivity index (χ2v) is 6.03. The van der Waals surface area contributed by atoms with Gasteiger partial charge in [-0.2, -0.15) is 9.90 Å². The van der Waals surface area contributed by atoms with Gasteiger partial charge in [-0.1, -0.05) is 12.8 Å². The third kappa shape index (κ3) is 3.18. The van der Waals surface area contributed by atoms with Crippen molar-refractivity contribution in [2.24, 2.45) is 5.41 Å². The average Bonchev–Trinajstić information content (AvgIpc) is 3.06. The van der Waals surface area contributed by atoms with Crippen molar-refractivity contribution in [3.8, 4) is 0 Å². The molecule has 1 N–H and O–H groups in total. The molecule has 0 radical (unpaired) electrons. The van der Waals surface area contributed by atoms with Gasteiger partial charge in [0.1, 0.15) is 0 Å². The highest BCUT2D eigenvalue weighted by molar-refractivity contribution is 5.88. The van der Waals surface area contributed by atoms with Crippen LogP contribution >= 0.6 is 0 Å². The summed E-state index contributed by atoms with van der Waals surface area (Å²) in [6, 6.07) is -0.102. The fourth-order valence-electron chi connectivity index (χ4n) is 3.29. The van der Waals surface area contributed by atoms with Crippen LogP contribution in [0.3, 0.4) is 0 Å². The Morgan fingerprint density at radius 2 is 2.29 bits per heavy atom. The fraction of sp³-hybridized carbons (Fsp3) is 0.786. The molecule has 116 valence electrons. The summed E-state index contributed by atoms with van der Waals surface area (Å²) < 4.78 is 5.73. The van der Waals surface area contributed by atoms with Crippen LogP contribution in [-0.4, -0.2) is 52.2 Å². The van der Waals surface area contributed by atoms with E-state index in [4.69, 9.17) is 4.74 Å². The number of nitrogens with one attached hydrogen (secondary N) is 1. The SMILES string of the molecule is CCn1ncc(NC(=O)N2CCOCC3(CCCC3)C2)n1. The van der Waals surface area contributed by atoms with E-state index in [0.29, 0.717) is 25.5 Å². The maximum absolute atomic E-state index is 12.4. The van der Waals surface area contributed by atoms with E-state index in [1.54, 1.807) is 11.0 Å². The van der Waals surface area contributed by atoms with Crippen LogP contribution in [0.2, 0.25) is 0 Å². The second kappa shape index (κ2) is 6.01. The predicted octanol–water partition coefficient (Wildman–Crippen LogP) is 1.72. The molecule has 7 nitrogen and oxygen atoms in total. The molecule has 3 rings (SSSR count). The highest BCUT2D eigenvalue weighted by Crippen LogP contribution is 2.40. The Kier molecular flexibility index (Phi) is 4.10. The third-order valence-electron chi connectivity index (χ3n) is 4.45. The number of anilines is 1. The summed E-state index contributed by atoms with van der Waals surface area (Å²) in [5.74, 6) is 0.507. The van der Waals surface area contributed by atoms with Gasteiger partial charge < -0.3 is 9.64 Å². The summed E-state index contributed by atoms with van der Waals surface area (Å²) in [7, 11) is 0. The number of aromatic nitrogens is 3. The number of carbonyl (C=O) groups is 1. The van der Waals surface area contributed by atoms with E-state index in [-0.39, 0.29) is 11.4 Å². The van der Waals surface area contributed by atoms with E-state index in [1.807, 2.05) is 11.8 Å². The lowest BCUT2D eigenvalue weighted by Gasteiger charge is -2.31. The number of nitrogens with zero attached hydrogens (tertiary/aromatic N) is 4. The number of amides is 2. The fourth-order valence-corrected chi connectivity index (χ4v) is 3.29. The third-order valence-corrected chi connectivity index (χ3v) is 4.45. The molecule has 1 spiro atoms. The lowest BCUT2D eigenvalue weighted by Crippen LogP contribution is -2.42. The molecule has 1 saturated carbocycles. The van der Waals surface area contributed by atoms with Crippen molar-refractivity contribution in [2.75, 3.05) is 31.6 Å². The minimum Gasteiger partial charge on any atom is -0.379 e. The lowest BCUT2D eigenvalue weighted by molar-refractivity contribution is 0.0718. The molecule has 2 aliphatic rings. The molecular formula is C14H23N5O2. The van der Waals surface area contributed by atoms with Crippen LogP contribution in [0.25, 0.3) is 0 Å². The highest BCUT2D eigenvalue weighted by Gasteiger charge is 2.38. The van der Waals surface area contributed by atoms with E-state index < -0.39 is 0 Å². The molecule has 1 aromatic rings.